The molecular weight excluding hydrogens is 335 g/mol. The molecule has 134 valence electrons. The van der Waals surface area contributed by atoms with Gasteiger partial charge in [-0.25, -0.2) is 4.39 Å². The average molecular weight is 354 g/mol. The van der Waals surface area contributed by atoms with Crippen molar-refractivity contribution in [2.24, 2.45) is 0 Å². The van der Waals surface area contributed by atoms with E-state index in [0.29, 0.717) is 24.4 Å². The first-order valence-corrected chi connectivity index (χ1v) is 8.71. The number of anilines is 1. The monoisotopic (exact) mass is 354 g/mol. The second-order valence-electron chi connectivity index (χ2n) is 6.26. The van der Waals surface area contributed by atoms with Crippen molar-refractivity contribution in [2.45, 2.75) is 19.3 Å². The Morgan fingerprint density at radius 2 is 1.92 bits per heavy atom. The molecule has 2 aromatic heterocycles. The van der Waals surface area contributed by atoms with E-state index in [-0.39, 0.29) is 5.56 Å². The first-order valence-electron chi connectivity index (χ1n) is 8.71. The number of aromatic nitrogens is 4. The maximum absolute atomic E-state index is 13.6. The Bertz CT molecular complexity index is 934. The molecule has 8 heteroatoms. The minimum atomic E-state index is -0.533. The normalized spacial score (nSPS) is 14.1. The zero-order valence-corrected chi connectivity index (χ0v) is 14.2. The molecule has 1 amide bonds. The molecule has 1 aliphatic rings. The van der Waals surface area contributed by atoms with E-state index in [2.05, 4.69) is 25.5 Å². The molecule has 0 unspecified atom stereocenters. The third-order valence-electron chi connectivity index (χ3n) is 4.50. The molecule has 0 aliphatic carbocycles. The summed E-state index contributed by atoms with van der Waals surface area (Å²) < 4.78 is 15.4. The lowest BCUT2D eigenvalue weighted by molar-refractivity contribution is 0.0950. The molecule has 1 N–H and O–H groups in total. The second-order valence-corrected chi connectivity index (χ2v) is 6.26. The van der Waals surface area contributed by atoms with E-state index in [1.807, 2.05) is 12.1 Å². The Morgan fingerprint density at radius 3 is 2.73 bits per heavy atom. The van der Waals surface area contributed by atoms with Crippen LogP contribution in [0.3, 0.4) is 0 Å². The van der Waals surface area contributed by atoms with Gasteiger partial charge in [0.15, 0.2) is 11.5 Å². The van der Waals surface area contributed by atoms with Gasteiger partial charge >= 0.3 is 0 Å². The largest absolute Gasteiger partial charge is 0.355 e. The van der Waals surface area contributed by atoms with Crippen molar-refractivity contribution in [3.05, 3.63) is 53.6 Å². The van der Waals surface area contributed by atoms with Crippen LogP contribution < -0.4 is 10.2 Å². The Labute approximate surface area is 149 Å². The van der Waals surface area contributed by atoms with E-state index >= 15 is 0 Å². The Morgan fingerprint density at radius 1 is 1.12 bits per heavy atom. The van der Waals surface area contributed by atoms with Gasteiger partial charge < -0.3 is 10.2 Å². The highest BCUT2D eigenvalue weighted by Crippen LogP contribution is 2.18. The van der Waals surface area contributed by atoms with Gasteiger partial charge in [-0.05, 0) is 37.1 Å². The number of halogens is 1. The van der Waals surface area contributed by atoms with Crippen LogP contribution in [-0.4, -0.2) is 45.4 Å². The summed E-state index contributed by atoms with van der Waals surface area (Å²) in [6.07, 6.45) is 2.81. The van der Waals surface area contributed by atoms with Crippen LogP contribution in [0.5, 0.6) is 0 Å². The smallest absolute Gasteiger partial charge is 0.254 e. The number of amides is 1. The minimum absolute atomic E-state index is 0.0352. The molecule has 1 fully saturated rings. The highest BCUT2D eigenvalue weighted by atomic mass is 19.1. The van der Waals surface area contributed by atoms with Gasteiger partial charge in [0, 0.05) is 26.1 Å². The van der Waals surface area contributed by atoms with Crippen LogP contribution >= 0.6 is 0 Å². The van der Waals surface area contributed by atoms with Crippen molar-refractivity contribution >= 4 is 17.4 Å². The van der Waals surface area contributed by atoms with E-state index < -0.39 is 11.7 Å². The zero-order valence-electron chi connectivity index (χ0n) is 14.2. The van der Waals surface area contributed by atoms with Crippen molar-refractivity contribution in [3.63, 3.8) is 0 Å². The molecule has 0 spiro atoms. The third kappa shape index (κ3) is 3.22. The number of fused-ring (bicyclic) bond motifs is 1. The van der Waals surface area contributed by atoms with Crippen LogP contribution in [0.15, 0.2) is 36.4 Å². The summed E-state index contributed by atoms with van der Waals surface area (Å²) in [5, 5.41) is 15.6. The Kier molecular flexibility index (Phi) is 4.47. The zero-order chi connectivity index (χ0) is 17.9. The topological polar surface area (TPSA) is 75.4 Å². The molecule has 3 aromatic rings. The number of benzene rings is 1. The summed E-state index contributed by atoms with van der Waals surface area (Å²) in [5.74, 6) is 0.596. The standard InChI is InChI=1S/C18H19FN6O/c19-14-6-2-1-5-13(14)18(26)20-10-9-16-22-21-15-7-8-17(23-25(15)16)24-11-3-4-12-24/h1-2,5-8H,3-4,9-12H2,(H,20,26). The second kappa shape index (κ2) is 7.07. The molecule has 1 aromatic carbocycles. The summed E-state index contributed by atoms with van der Waals surface area (Å²) >= 11 is 0. The van der Waals surface area contributed by atoms with E-state index in [4.69, 9.17) is 0 Å². The molecule has 0 bridgehead atoms. The fraction of sp³-hybridized carbons (Fsp3) is 0.333. The first-order chi connectivity index (χ1) is 12.7. The number of carbonyl (C=O) groups is 1. The molecule has 26 heavy (non-hydrogen) atoms. The fourth-order valence-electron chi connectivity index (χ4n) is 3.12. The van der Waals surface area contributed by atoms with Gasteiger partial charge in [0.1, 0.15) is 11.6 Å². The number of carbonyl (C=O) groups excluding carboxylic acids is 1. The molecular formula is C18H19FN6O. The van der Waals surface area contributed by atoms with Crippen LogP contribution in [0.2, 0.25) is 0 Å². The van der Waals surface area contributed by atoms with Gasteiger partial charge in [0.05, 0.1) is 5.56 Å². The summed E-state index contributed by atoms with van der Waals surface area (Å²) in [6, 6.07) is 9.77. The van der Waals surface area contributed by atoms with Crippen LogP contribution in [0, 0.1) is 5.82 Å². The van der Waals surface area contributed by atoms with Gasteiger partial charge in [-0.3, -0.25) is 4.79 Å². The molecule has 1 saturated heterocycles. The summed E-state index contributed by atoms with van der Waals surface area (Å²) in [6.45, 7) is 2.34. The first kappa shape index (κ1) is 16.4. The van der Waals surface area contributed by atoms with E-state index in [1.54, 1.807) is 16.6 Å². The van der Waals surface area contributed by atoms with Gasteiger partial charge in [0.2, 0.25) is 0 Å². The maximum Gasteiger partial charge on any atom is 0.254 e. The highest BCUT2D eigenvalue weighted by molar-refractivity contribution is 5.94. The van der Waals surface area contributed by atoms with Crippen LogP contribution in [0.4, 0.5) is 10.2 Å². The Balaban J connectivity index is 1.44. The van der Waals surface area contributed by atoms with Gasteiger partial charge in [-0.2, -0.15) is 4.52 Å². The van der Waals surface area contributed by atoms with E-state index in [0.717, 1.165) is 18.9 Å². The van der Waals surface area contributed by atoms with Crippen LogP contribution in [-0.2, 0) is 6.42 Å². The number of nitrogens with one attached hydrogen (secondary N) is 1. The van der Waals surface area contributed by atoms with Gasteiger partial charge in [-0.15, -0.1) is 15.3 Å². The third-order valence-corrected chi connectivity index (χ3v) is 4.50. The summed E-state index contributed by atoms with van der Waals surface area (Å²) in [7, 11) is 0. The molecule has 0 saturated carbocycles. The van der Waals surface area contributed by atoms with E-state index in [9.17, 15) is 9.18 Å². The van der Waals surface area contributed by atoms with Crippen molar-refractivity contribution in [2.75, 3.05) is 24.5 Å². The molecule has 7 nitrogen and oxygen atoms in total. The average Bonchev–Trinajstić information content (AvgIpc) is 3.32. The SMILES string of the molecule is O=C(NCCc1nnc2ccc(N3CCCC3)nn12)c1ccccc1F. The Hall–Kier alpha value is -3.03. The molecule has 1 aliphatic heterocycles. The number of hydrogen-bond donors (Lipinski definition) is 1. The highest BCUT2D eigenvalue weighted by Gasteiger charge is 2.16. The van der Waals surface area contributed by atoms with Crippen molar-refractivity contribution in [3.8, 4) is 0 Å². The van der Waals surface area contributed by atoms with Gasteiger partial charge in [0.25, 0.3) is 5.91 Å². The van der Waals surface area contributed by atoms with Crippen molar-refractivity contribution < 1.29 is 9.18 Å². The number of nitrogens with zero attached hydrogens (tertiary/aromatic N) is 5. The molecule has 3 heterocycles. The van der Waals surface area contributed by atoms with Gasteiger partial charge in [-0.1, -0.05) is 12.1 Å². The lowest BCUT2D eigenvalue weighted by Crippen LogP contribution is -2.27. The predicted molar refractivity (Wildman–Crippen MR) is 94.7 cm³/mol. The quantitative estimate of drug-likeness (QED) is 0.757. The van der Waals surface area contributed by atoms with Crippen LogP contribution in [0.25, 0.3) is 5.65 Å². The van der Waals surface area contributed by atoms with Crippen LogP contribution in [0.1, 0.15) is 29.0 Å². The minimum Gasteiger partial charge on any atom is -0.355 e. The molecule has 0 atom stereocenters. The summed E-state index contributed by atoms with van der Waals surface area (Å²) in [4.78, 5) is 14.3. The van der Waals surface area contributed by atoms with Crippen molar-refractivity contribution in [1.82, 2.24) is 25.1 Å². The summed E-state index contributed by atoms with van der Waals surface area (Å²) in [5.41, 5.74) is 0.705. The van der Waals surface area contributed by atoms with E-state index in [1.165, 1.54) is 25.0 Å². The number of hydrogen-bond acceptors (Lipinski definition) is 5. The lowest BCUT2D eigenvalue weighted by atomic mass is 10.2. The maximum atomic E-state index is 13.6. The molecule has 0 radical (unpaired) electrons. The van der Waals surface area contributed by atoms with Crippen molar-refractivity contribution in [1.29, 1.82) is 0 Å². The predicted octanol–water partition coefficient (Wildman–Crippen LogP) is 1.84. The molecule has 4 rings (SSSR count). The lowest BCUT2D eigenvalue weighted by Gasteiger charge is -2.15. The number of rotatable bonds is 5. The fourth-order valence-corrected chi connectivity index (χ4v) is 3.12.